The molecule has 0 heterocycles. The highest BCUT2D eigenvalue weighted by Crippen LogP contribution is 2.35. The first-order valence-electron chi connectivity index (χ1n) is 6.59. The van der Waals surface area contributed by atoms with E-state index in [9.17, 15) is 9.90 Å². The predicted molar refractivity (Wildman–Crippen MR) is 86.3 cm³/mol. The maximum atomic E-state index is 11.3. The summed E-state index contributed by atoms with van der Waals surface area (Å²) in [5, 5.41) is 9.30. The number of aromatic carboxylic acids is 1. The highest BCUT2D eigenvalue weighted by atomic mass is 79.9. The number of benzene rings is 2. The first-order chi connectivity index (χ1) is 9.79. The van der Waals surface area contributed by atoms with Crippen LogP contribution in [0.4, 0.5) is 0 Å². The third-order valence-corrected chi connectivity index (χ3v) is 3.58. The first-order valence-corrected chi connectivity index (χ1v) is 7.38. The van der Waals surface area contributed by atoms with Crippen molar-refractivity contribution >= 4 is 21.9 Å². The van der Waals surface area contributed by atoms with E-state index in [2.05, 4.69) is 36.7 Å². The van der Waals surface area contributed by atoms with Gasteiger partial charge in [0, 0.05) is 10.0 Å². The van der Waals surface area contributed by atoms with Crippen LogP contribution < -0.4 is 4.74 Å². The van der Waals surface area contributed by atoms with Gasteiger partial charge in [0.25, 0.3) is 0 Å². The molecule has 0 atom stereocenters. The Balaban J connectivity index is 2.47. The molecule has 0 aliphatic rings. The summed E-state index contributed by atoms with van der Waals surface area (Å²) in [4.78, 5) is 11.3. The molecule has 0 unspecified atom stereocenters. The third-order valence-electron chi connectivity index (χ3n) is 3.09. The molecular formula is C17H17BrO3. The molecule has 0 radical (unpaired) electrons. The molecule has 0 aromatic heterocycles. The van der Waals surface area contributed by atoms with E-state index < -0.39 is 5.97 Å². The van der Waals surface area contributed by atoms with Crippen molar-refractivity contribution in [2.75, 3.05) is 0 Å². The molecule has 2 rings (SSSR count). The van der Waals surface area contributed by atoms with Crippen molar-refractivity contribution in [1.82, 2.24) is 0 Å². The maximum Gasteiger partial charge on any atom is 0.339 e. The average molecular weight is 349 g/mol. The van der Waals surface area contributed by atoms with Gasteiger partial charge in [-0.25, -0.2) is 4.79 Å². The van der Waals surface area contributed by atoms with Gasteiger partial charge in [-0.05, 0) is 29.7 Å². The zero-order chi connectivity index (χ0) is 15.6. The number of ether oxygens (including phenoxy) is 1. The van der Waals surface area contributed by atoms with Gasteiger partial charge in [0.2, 0.25) is 0 Å². The van der Waals surface area contributed by atoms with E-state index in [1.807, 2.05) is 24.3 Å². The summed E-state index contributed by atoms with van der Waals surface area (Å²) < 4.78 is 6.59. The van der Waals surface area contributed by atoms with E-state index in [1.54, 1.807) is 12.1 Å². The van der Waals surface area contributed by atoms with E-state index in [-0.39, 0.29) is 11.0 Å². The fourth-order valence-corrected chi connectivity index (χ4v) is 2.41. The van der Waals surface area contributed by atoms with E-state index in [4.69, 9.17) is 4.74 Å². The number of hydrogen-bond acceptors (Lipinski definition) is 2. The lowest BCUT2D eigenvalue weighted by Gasteiger charge is -2.23. The second-order valence-corrected chi connectivity index (χ2v) is 6.71. The van der Waals surface area contributed by atoms with Gasteiger partial charge in [-0.15, -0.1) is 0 Å². The van der Waals surface area contributed by atoms with Gasteiger partial charge < -0.3 is 9.84 Å². The van der Waals surface area contributed by atoms with Crippen LogP contribution in [-0.4, -0.2) is 11.1 Å². The number of halogens is 1. The van der Waals surface area contributed by atoms with Crippen molar-refractivity contribution in [3.05, 3.63) is 58.1 Å². The van der Waals surface area contributed by atoms with Gasteiger partial charge in [0.1, 0.15) is 17.1 Å². The normalized spacial score (nSPS) is 11.2. The van der Waals surface area contributed by atoms with Crippen molar-refractivity contribution in [1.29, 1.82) is 0 Å². The lowest BCUT2D eigenvalue weighted by Crippen LogP contribution is -2.12. The lowest BCUT2D eigenvalue weighted by atomic mass is 9.86. The topological polar surface area (TPSA) is 46.5 Å². The Bertz CT molecular complexity index is 672. The minimum atomic E-state index is -1.01. The van der Waals surface area contributed by atoms with Gasteiger partial charge in [-0.2, -0.15) is 0 Å². The van der Waals surface area contributed by atoms with E-state index in [0.29, 0.717) is 16.0 Å². The smallest absolute Gasteiger partial charge is 0.339 e. The van der Waals surface area contributed by atoms with Crippen LogP contribution in [0, 0.1) is 0 Å². The van der Waals surface area contributed by atoms with E-state index in [1.165, 1.54) is 6.07 Å². The molecule has 2 aromatic carbocycles. The van der Waals surface area contributed by atoms with Crippen LogP contribution in [0.3, 0.4) is 0 Å². The molecule has 0 aliphatic heterocycles. The molecule has 0 fully saturated rings. The molecule has 0 bridgehead atoms. The zero-order valence-corrected chi connectivity index (χ0v) is 13.8. The van der Waals surface area contributed by atoms with Crippen molar-refractivity contribution in [3.8, 4) is 11.5 Å². The summed E-state index contributed by atoms with van der Waals surface area (Å²) in [6.45, 7) is 6.28. The number of rotatable bonds is 3. The highest BCUT2D eigenvalue weighted by molar-refractivity contribution is 9.10. The molecule has 0 saturated carbocycles. The van der Waals surface area contributed by atoms with Crippen LogP contribution in [0.5, 0.6) is 11.5 Å². The molecule has 0 saturated heterocycles. The van der Waals surface area contributed by atoms with Crippen LogP contribution in [0.15, 0.2) is 46.9 Å². The van der Waals surface area contributed by atoms with Crippen LogP contribution in [0.2, 0.25) is 0 Å². The SMILES string of the molecule is CC(C)(C)c1ccccc1Oc1ccc(Br)cc1C(=O)O. The third kappa shape index (κ3) is 3.64. The van der Waals surface area contributed by atoms with Gasteiger partial charge in [-0.3, -0.25) is 0 Å². The molecule has 110 valence electrons. The maximum absolute atomic E-state index is 11.3. The Morgan fingerprint density at radius 1 is 1.10 bits per heavy atom. The van der Waals surface area contributed by atoms with Crippen LogP contribution in [0.25, 0.3) is 0 Å². The minimum absolute atomic E-state index is 0.0880. The van der Waals surface area contributed by atoms with Crippen LogP contribution in [-0.2, 0) is 5.41 Å². The second kappa shape index (κ2) is 5.90. The predicted octanol–water partition coefficient (Wildman–Crippen LogP) is 5.24. The largest absolute Gasteiger partial charge is 0.478 e. The molecule has 2 aromatic rings. The van der Waals surface area contributed by atoms with Crippen molar-refractivity contribution in [2.24, 2.45) is 0 Å². The van der Waals surface area contributed by atoms with Crippen molar-refractivity contribution in [3.63, 3.8) is 0 Å². The fraction of sp³-hybridized carbons (Fsp3) is 0.235. The standard InChI is InChI=1S/C17H17BrO3/c1-17(2,3)13-6-4-5-7-15(13)21-14-9-8-11(18)10-12(14)16(19)20/h4-10H,1-3H3,(H,19,20). The molecular weight excluding hydrogens is 332 g/mol. The Morgan fingerprint density at radius 3 is 2.38 bits per heavy atom. The average Bonchev–Trinajstić information content (AvgIpc) is 2.40. The Kier molecular flexibility index (Phi) is 4.37. The molecule has 1 N–H and O–H groups in total. The summed E-state index contributed by atoms with van der Waals surface area (Å²) in [5.41, 5.74) is 1.08. The summed E-state index contributed by atoms with van der Waals surface area (Å²) in [7, 11) is 0. The van der Waals surface area contributed by atoms with E-state index >= 15 is 0 Å². The first kappa shape index (κ1) is 15.6. The minimum Gasteiger partial charge on any atom is -0.478 e. The molecule has 0 spiro atoms. The number of carbonyl (C=O) groups is 1. The molecule has 21 heavy (non-hydrogen) atoms. The van der Waals surface area contributed by atoms with Gasteiger partial charge in [-0.1, -0.05) is 54.9 Å². The second-order valence-electron chi connectivity index (χ2n) is 5.79. The Hall–Kier alpha value is -1.81. The van der Waals surface area contributed by atoms with Crippen LogP contribution in [0.1, 0.15) is 36.7 Å². The number of para-hydroxylation sites is 1. The number of carboxylic acid groups (broad SMARTS) is 1. The van der Waals surface area contributed by atoms with Gasteiger partial charge in [0.15, 0.2) is 0 Å². The lowest BCUT2D eigenvalue weighted by molar-refractivity contribution is 0.0694. The van der Waals surface area contributed by atoms with Crippen molar-refractivity contribution < 1.29 is 14.6 Å². The Labute approximate surface area is 132 Å². The Morgan fingerprint density at radius 2 is 1.76 bits per heavy atom. The van der Waals surface area contributed by atoms with Gasteiger partial charge in [0.05, 0.1) is 0 Å². The number of hydrogen-bond donors (Lipinski definition) is 1. The molecule has 0 amide bonds. The van der Waals surface area contributed by atoms with Gasteiger partial charge >= 0.3 is 5.97 Å². The highest BCUT2D eigenvalue weighted by Gasteiger charge is 2.20. The summed E-state index contributed by atoms with van der Waals surface area (Å²) in [6.07, 6.45) is 0. The van der Waals surface area contributed by atoms with Crippen molar-refractivity contribution in [2.45, 2.75) is 26.2 Å². The molecule has 0 aliphatic carbocycles. The fourth-order valence-electron chi connectivity index (χ4n) is 2.05. The summed E-state index contributed by atoms with van der Waals surface area (Å²) in [5.74, 6) is -0.00300. The monoisotopic (exact) mass is 348 g/mol. The molecule has 4 heteroatoms. The molecule has 3 nitrogen and oxygen atoms in total. The zero-order valence-electron chi connectivity index (χ0n) is 12.2. The summed E-state index contributed by atoms with van der Waals surface area (Å²) >= 11 is 3.28. The summed E-state index contributed by atoms with van der Waals surface area (Å²) in [6, 6.07) is 12.6. The number of carboxylic acids is 1. The van der Waals surface area contributed by atoms with E-state index in [0.717, 1.165) is 5.56 Å². The van der Waals surface area contributed by atoms with Crippen LogP contribution >= 0.6 is 15.9 Å². The quantitative estimate of drug-likeness (QED) is 0.825.